The Morgan fingerprint density at radius 2 is 1.42 bits per heavy atom. The van der Waals surface area contributed by atoms with Crippen molar-refractivity contribution in [3.63, 3.8) is 0 Å². The predicted octanol–water partition coefficient (Wildman–Crippen LogP) is 6.51. The number of amides is 2. The molecule has 0 saturated carbocycles. The third kappa shape index (κ3) is 6.00. The second-order valence-electron chi connectivity index (χ2n) is 14.5. The maximum atomic E-state index is 16.2. The van der Waals surface area contributed by atoms with Crippen LogP contribution in [0.3, 0.4) is 0 Å². The lowest BCUT2D eigenvalue weighted by Crippen LogP contribution is -2.59. The average molecular weight is 729 g/mol. The van der Waals surface area contributed by atoms with Crippen LogP contribution in [0.25, 0.3) is 0 Å². The zero-order valence-electron chi connectivity index (χ0n) is 29.9. The number of aryl methyl sites for hydroxylation is 2. The molecule has 2 unspecified atom stereocenters. The second-order valence-corrected chi connectivity index (χ2v) is 16.4. The molecular weight excluding hydrogens is 685 g/mol. The smallest absolute Gasteiger partial charge is 0.331 e. The number of benzene rings is 4. The van der Waals surface area contributed by atoms with E-state index >= 15 is 4.21 Å². The number of nitrogens with one attached hydrogen (secondary N) is 2. The molecule has 1 aromatic heterocycles. The number of anilines is 1. The molecule has 1 fully saturated rings. The summed E-state index contributed by atoms with van der Waals surface area (Å²) in [5, 5.41) is 7.93. The molecular formula is C42H44N6O4S. The van der Waals surface area contributed by atoms with Crippen molar-refractivity contribution in [2.24, 2.45) is 4.36 Å². The Labute approximate surface area is 310 Å². The van der Waals surface area contributed by atoms with Crippen LogP contribution in [0, 0.1) is 0 Å². The number of likely N-dealkylation sites (tertiary alicyclic amines) is 1. The topological polar surface area (TPSA) is 110 Å². The van der Waals surface area contributed by atoms with Crippen molar-refractivity contribution in [3.8, 4) is 5.88 Å². The van der Waals surface area contributed by atoms with Crippen LogP contribution in [-0.4, -0.2) is 63.9 Å². The van der Waals surface area contributed by atoms with E-state index in [1.54, 1.807) is 18.0 Å². The Morgan fingerprint density at radius 3 is 1.96 bits per heavy atom. The molecule has 2 aliphatic heterocycles. The molecule has 4 aromatic carbocycles. The number of ether oxygens (including phenoxy) is 2. The van der Waals surface area contributed by atoms with Crippen LogP contribution in [0.1, 0.15) is 51.8 Å². The quantitative estimate of drug-likeness (QED) is 0.168. The van der Waals surface area contributed by atoms with Gasteiger partial charge >= 0.3 is 6.03 Å². The largest absolute Gasteiger partial charge is 0.475 e. The molecule has 53 heavy (non-hydrogen) atoms. The summed E-state index contributed by atoms with van der Waals surface area (Å²) in [5.41, 5.74) is 6.97. The molecule has 3 heterocycles. The number of rotatable bonds is 9. The average Bonchev–Trinajstić information content (AvgIpc) is 3.95. The van der Waals surface area contributed by atoms with Crippen LogP contribution in [0.4, 0.5) is 10.5 Å². The number of hydrogen-bond donors (Lipinski definition) is 2. The maximum Gasteiger partial charge on any atom is 0.331 e. The molecule has 4 aliphatic rings. The zero-order chi connectivity index (χ0) is 36.0. The molecule has 10 nitrogen and oxygen atoms in total. The first-order chi connectivity index (χ1) is 25.9. The highest BCUT2D eigenvalue weighted by Gasteiger charge is 2.42. The lowest BCUT2D eigenvalue weighted by molar-refractivity contribution is -0.0687. The van der Waals surface area contributed by atoms with E-state index < -0.39 is 21.5 Å². The standard InChI is InChI=1S/C42H44N6O4S/c1-51-35-26-47(27-35)34-25-48-40(52-28-34)38(24-43-48)53(50,45-41(49)44-39-36-21-11-13-29(36)23-30-14-12-22-37(30)39)46-42(31-15-5-2-6-16-31,32-17-7-3-8-18-32)33-19-9-4-10-20-33/h2-10,15-20,23-24,34-35H,11-14,21-22,25-28H2,1H3,(H2,44,45,46,49,50). The molecule has 0 radical (unpaired) electrons. The van der Waals surface area contributed by atoms with E-state index in [1.807, 2.05) is 91.0 Å². The summed E-state index contributed by atoms with van der Waals surface area (Å²) in [6, 6.07) is 31.4. The number of carbonyl (C=O) groups is 1. The molecule has 0 spiro atoms. The highest BCUT2D eigenvalue weighted by Crippen LogP contribution is 2.44. The summed E-state index contributed by atoms with van der Waals surface area (Å²) in [6.07, 6.45) is 7.70. The van der Waals surface area contributed by atoms with Crippen LogP contribution in [-0.2, 0) is 52.4 Å². The van der Waals surface area contributed by atoms with Gasteiger partial charge in [0.05, 0.1) is 24.9 Å². The first-order valence-electron chi connectivity index (χ1n) is 18.6. The van der Waals surface area contributed by atoms with Gasteiger partial charge in [0.2, 0.25) is 5.88 Å². The summed E-state index contributed by atoms with van der Waals surface area (Å²) < 4.78 is 38.3. The molecule has 2 amide bonds. The number of aromatic nitrogens is 2. The maximum absolute atomic E-state index is 16.2. The highest BCUT2D eigenvalue weighted by molar-refractivity contribution is 7.92. The van der Waals surface area contributed by atoms with Gasteiger partial charge in [-0.3, -0.25) is 4.90 Å². The van der Waals surface area contributed by atoms with Gasteiger partial charge in [0, 0.05) is 25.9 Å². The van der Waals surface area contributed by atoms with E-state index in [4.69, 9.17) is 18.9 Å². The zero-order valence-corrected chi connectivity index (χ0v) is 30.7. The van der Waals surface area contributed by atoms with Gasteiger partial charge in [0.25, 0.3) is 0 Å². The second kappa shape index (κ2) is 13.8. The minimum Gasteiger partial charge on any atom is -0.475 e. The fourth-order valence-electron chi connectivity index (χ4n) is 8.64. The SMILES string of the molecule is COC1CN(C2COc3c(S(=O)(=NC(c4ccccc4)(c4ccccc4)c4ccccc4)NC(=O)Nc4c5c(cc6c4CCC6)CCC5)cnn3C2)C1. The molecule has 9 rings (SSSR count). The van der Waals surface area contributed by atoms with Crippen molar-refractivity contribution in [3.05, 3.63) is 142 Å². The van der Waals surface area contributed by atoms with E-state index in [-0.39, 0.29) is 17.0 Å². The first kappa shape index (κ1) is 33.8. The Morgan fingerprint density at radius 1 is 0.849 bits per heavy atom. The van der Waals surface area contributed by atoms with Gasteiger partial charge in [-0.25, -0.2) is 18.4 Å². The minimum atomic E-state index is -3.84. The molecule has 1 saturated heterocycles. The van der Waals surface area contributed by atoms with Crippen LogP contribution >= 0.6 is 0 Å². The monoisotopic (exact) mass is 728 g/mol. The van der Waals surface area contributed by atoms with Crippen LogP contribution < -0.4 is 14.8 Å². The van der Waals surface area contributed by atoms with Crippen LogP contribution in [0.15, 0.2) is 113 Å². The van der Waals surface area contributed by atoms with Crippen LogP contribution in [0.2, 0.25) is 0 Å². The van der Waals surface area contributed by atoms with Gasteiger partial charge in [-0.05, 0) is 77.5 Å². The lowest BCUT2D eigenvalue weighted by Gasteiger charge is -2.44. The predicted molar refractivity (Wildman–Crippen MR) is 205 cm³/mol. The molecule has 2 N–H and O–H groups in total. The first-order valence-corrected chi connectivity index (χ1v) is 20.1. The fourth-order valence-corrected chi connectivity index (χ4v) is 10.5. The molecule has 2 atom stereocenters. The fraction of sp³-hybridized carbons (Fsp3) is 0.333. The number of urea groups is 1. The Bertz CT molecular complexity index is 2130. The Hall–Kier alpha value is -4.97. The van der Waals surface area contributed by atoms with Crippen molar-refractivity contribution in [1.82, 2.24) is 19.4 Å². The van der Waals surface area contributed by atoms with E-state index in [2.05, 4.69) is 21.0 Å². The third-order valence-corrected chi connectivity index (χ3v) is 13.2. The summed E-state index contributed by atoms with van der Waals surface area (Å²) in [5.74, 6) is 0.351. The van der Waals surface area contributed by atoms with Gasteiger partial charge in [-0.2, -0.15) is 9.46 Å². The van der Waals surface area contributed by atoms with Gasteiger partial charge < -0.3 is 14.8 Å². The Kier molecular flexibility index (Phi) is 8.80. The number of nitrogens with zero attached hydrogens (tertiary/aromatic N) is 4. The number of fused-ring (bicyclic) bond motifs is 3. The van der Waals surface area contributed by atoms with Gasteiger partial charge in [-0.1, -0.05) is 97.1 Å². The van der Waals surface area contributed by atoms with Gasteiger partial charge in [-0.15, -0.1) is 0 Å². The Balaban J connectivity index is 1.20. The van der Waals surface area contributed by atoms with E-state index in [1.165, 1.54) is 22.3 Å². The van der Waals surface area contributed by atoms with Crippen molar-refractivity contribution >= 4 is 21.6 Å². The molecule has 2 aliphatic carbocycles. The van der Waals surface area contributed by atoms with Crippen LogP contribution in [0.5, 0.6) is 5.88 Å². The van der Waals surface area contributed by atoms with Crippen molar-refractivity contribution in [2.75, 3.05) is 32.1 Å². The number of hydrogen-bond acceptors (Lipinski definition) is 7. The van der Waals surface area contributed by atoms with Crippen molar-refractivity contribution in [2.45, 2.75) is 67.6 Å². The van der Waals surface area contributed by atoms with E-state index in [0.717, 1.165) is 74.0 Å². The molecule has 5 aromatic rings. The van der Waals surface area contributed by atoms with Crippen molar-refractivity contribution < 1.29 is 18.5 Å². The summed E-state index contributed by atoms with van der Waals surface area (Å²) in [7, 11) is -2.10. The van der Waals surface area contributed by atoms with E-state index in [9.17, 15) is 4.79 Å². The summed E-state index contributed by atoms with van der Waals surface area (Å²) in [6.45, 7) is 2.59. The summed E-state index contributed by atoms with van der Waals surface area (Å²) >= 11 is 0. The van der Waals surface area contributed by atoms with Gasteiger partial charge in [0.1, 0.15) is 17.0 Å². The highest BCUT2D eigenvalue weighted by atomic mass is 32.2. The number of carbonyl (C=O) groups excluding carboxylic acids is 1. The minimum absolute atomic E-state index is 0.0882. The summed E-state index contributed by atoms with van der Waals surface area (Å²) in [4.78, 5) is 17.0. The third-order valence-electron chi connectivity index (χ3n) is 11.4. The lowest BCUT2D eigenvalue weighted by atomic mass is 9.78. The molecule has 11 heteroatoms. The van der Waals surface area contributed by atoms with E-state index in [0.29, 0.717) is 19.0 Å². The molecule has 272 valence electrons. The van der Waals surface area contributed by atoms with Gasteiger partial charge in [0.15, 0.2) is 9.92 Å². The normalized spacial score (nSPS) is 19.2. The van der Waals surface area contributed by atoms with Crippen molar-refractivity contribution in [1.29, 1.82) is 0 Å². The number of methoxy groups -OCH3 is 1. The molecule has 0 bridgehead atoms.